The van der Waals surface area contributed by atoms with Crippen molar-refractivity contribution < 1.29 is 0 Å². The van der Waals surface area contributed by atoms with Crippen LogP contribution in [0, 0.1) is 5.92 Å². The Kier molecular flexibility index (Phi) is 9.42. The number of unbranched alkanes of at least 4 members (excludes halogenated alkanes) is 2. The van der Waals surface area contributed by atoms with Crippen LogP contribution in [0.1, 0.15) is 39.5 Å². The third kappa shape index (κ3) is 8.52. The molecule has 0 spiro atoms. The number of nitrogens with one attached hydrogen (secondary N) is 1. The summed E-state index contributed by atoms with van der Waals surface area (Å²) in [5.41, 5.74) is 0. The van der Waals surface area contributed by atoms with E-state index in [0.29, 0.717) is 0 Å². The van der Waals surface area contributed by atoms with Gasteiger partial charge in [-0.3, -0.25) is 0 Å². The number of hydrogen-bond acceptors (Lipinski definition) is 2. The normalized spacial score (nSPS) is 13.5. The Bertz CT molecular complexity index is 115. The van der Waals surface area contributed by atoms with E-state index in [1.807, 2.05) is 7.05 Å². The topological polar surface area (TPSA) is 15.3 Å². The van der Waals surface area contributed by atoms with Crippen molar-refractivity contribution >= 4 is 0 Å². The van der Waals surface area contributed by atoms with E-state index in [1.165, 1.54) is 38.8 Å². The van der Waals surface area contributed by atoms with Crippen LogP contribution < -0.4 is 5.32 Å². The summed E-state index contributed by atoms with van der Waals surface area (Å²) in [7, 11) is 4.26. The van der Waals surface area contributed by atoms with Gasteiger partial charge in [-0.1, -0.05) is 26.7 Å². The summed E-state index contributed by atoms with van der Waals surface area (Å²) in [5.74, 6) is 0.845. The highest BCUT2D eigenvalue weighted by Crippen LogP contribution is 2.04. The van der Waals surface area contributed by atoms with Crippen LogP contribution in [-0.2, 0) is 0 Å². The van der Waals surface area contributed by atoms with Gasteiger partial charge in [0.15, 0.2) is 0 Å². The molecule has 86 valence electrons. The van der Waals surface area contributed by atoms with Gasteiger partial charge in [0.2, 0.25) is 0 Å². The molecule has 2 nitrogen and oxygen atoms in total. The second kappa shape index (κ2) is 9.47. The first-order chi connectivity index (χ1) is 6.70. The fourth-order valence-electron chi connectivity index (χ4n) is 1.61. The summed E-state index contributed by atoms with van der Waals surface area (Å²) >= 11 is 0. The standard InChI is InChI=1S/C12H28N2/c1-5-12(2)11-14(4)10-8-6-7-9-13-3/h12-13H,5-11H2,1-4H3. The van der Waals surface area contributed by atoms with Crippen LogP contribution in [0.3, 0.4) is 0 Å². The van der Waals surface area contributed by atoms with Gasteiger partial charge in [0.1, 0.15) is 0 Å². The Balaban J connectivity index is 3.22. The first-order valence-electron chi connectivity index (χ1n) is 6.03. The van der Waals surface area contributed by atoms with Crippen molar-refractivity contribution in [3.05, 3.63) is 0 Å². The van der Waals surface area contributed by atoms with E-state index in [4.69, 9.17) is 0 Å². The second-order valence-electron chi connectivity index (χ2n) is 4.44. The molecule has 0 rings (SSSR count). The van der Waals surface area contributed by atoms with E-state index in [-0.39, 0.29) is 0 Å². The van der Waals surface area contributed by atoms with E-state index in [2.05, 4.69) is 31.1 Å². The first kappa shape index (κ1) is 13.9. The fourth-order valence-corrected chi connectivity index (χ4v) is 1.61. The minimum absolute atomic E-state index is 0.845. The molecule has 0 heterocycles. The van der Waals surface area contributed by atoms with Gasteiger partial charge >= 0.3 is 0 Å². The Morgan fingerprint density at radius 3 is 2.50 bits per heavy atom. The molecule has 0 aromatic carbocycles. The van der Waals surface area contributed by atoms with Crippen LogP contribution in [0.25, 0.3) is 0 Å². The summed E-state index contributed by atoms with van der Waals surface area (Å²) in [6.45, 7) is 8.27. The van der Waals surface area contributed by atoms with Crippen molar-refractivity contribution in [2.24, 2.45) is 5.92 Å². The number of rotatable bonds is 9. The molecule has 1 N–H and O–H groups in total. The highest BCUT2D eigenvalue weighted by Gasteiger charge is 2.03. The lowest BCUT2D eigenvalue weighted by molar-refractivity contribution is 0.276. The molecule has 0 radical (unpaired) electrons. The SMILES string of the molecule is CCC(C)CN(C)CCCCCNC. The third-order valence-electron chi connectivity index (χ3n) is 2.79. The molecule has 14 heavy (non-hydrogen) atoms. The maximum atomic E-state index is 3.18. The summed E-state index contributed by atoms with van der Waals surface area (Å²) in [6, 6.07) is 0. The minimum atomic E-state index is 0.845. The molecule has 0 saturated carbocycles. The number of hydrogen-bond donors (Lipinski definition) is 1. The zero-order valence-electron chi connectivity index (χ0n) is 10.5. The van der Waals surface area contributed by atoms with E-state index in [0.717, 1.165) is 12.5 Å². The fraction of sp³-hybridized carbons (Fsp3) is 1.00. The second-order valence-corrected chi connectivity index (χ2v) is 4.44. The first-order valence-corrected chi connectivity index (χ1v) is 6.03. The van der Waals surface area contributed by atoms with Crippen molar-refractivity contribution in [1.29, 1.82) is 0 Å². The van der Waals surface area contributed by atoms with Gasteiger partial charge in [-0.05, 0) is 45.9 Å². The molecule has 0 aromatic heterocycles. The molecule has 0 aliphatic rings. The molecule has 0 amide bonds. The highest BCUT2D eigenvalue weighted by atomic mass is 15.1. The van der Waals surface area contributed by atoms with Crippen LogP contribution in [0.15, 0.2) is 0 Å². The number of nitrogens with zero attached hydrogens (tertiary/aromatic N) is 1. The largest absolute Gasteiger partial charge is 0.320 e. The van der Waals surface area contributed by atoms with E-state index < -0.39 is 0 Å². The Morgan fingerprint density at radius 2 is 1.93 bits per heavy atom. The third-order valence-corrected chi connectivity index (χ3v) is 2.79. The van der Waals surface area contributed by atoms with Gasteiger partial charge < -0.3 is 10.2 Å². The Labute approximate surface area is 90.1 Å². The highest BCUT2D eigenvalue weighted by molar-refractivity contribution is 4.57. The summed E-state index contributed by atoms with van der Waals surface area (Å²) in [6.07, 6.45) is 5.30. The van der Waals surface area contributed by atoms with Crippen LogP contribution in [0.2, 0.25) is 0 Å². The van der Waals surface area contributed by atoms with Crippen molar-refractivity contribution in [2.75, 3.05) is 33.7 Å². The molecule has 0 bridgehead atoms. The lowest BCUT2D eigenvalue weighted by atomic mass is 10.1. The molecule has 0 aliphatic heterocycles. The predicted molar refractivity (Wildman–Crippen MR) is 64.7 cm³/mol. The predicted octanol–water partition coefficient (Wildman–Crippen LogP) is 2.35. The van der Waals surface area contributed by atoms with Gasteiger partial charge in [0.25, 0.3) is 0 Å². The molecule has 0 saturated heterocycles. The summed E-state index contributed by atoms with van der Waals surface area (Å²) in [5, 5.41) is 3.18. The van der Waals surface area contributed by atoms with Crippen LogP contribution >= 0.6 is 0 Å². The molecular formula is C12H28N2. The zero-order chi connectivity index (χ0) is 10.8. The van der Waals surface area contributed by atoms with E-state index >= 15 is 0 Å². The molecular weight excluding hydrogens is 172 g/mol. The lowest BCUT2D eigenvalue weighted by Gasteiger charge is -2.20. The Hall–Kier alpha value is -0.0800. The molecule has 0 aromatic rings. The van der Waals surface area contributed by atoms with Gasteiger partial charge in [0, 0.05) is 6.54 Å². The molecule has 1 atom stereocenters. The van der Waals surface area contributed by atoms with Gasteiger partial charge in [-0.25, -0.2) is 0 Å². The smallest absolute Gasteiger partial charge is 0.000387 e. The molecule has 2 heteroatoms. The van der Waals surface area contributed by atoms with E-state index in [9.17, 15) is 0 Å². The van der Waals surface area contributed by atoms with Crippen molar-refractivity contribution in [3.63, 3.8) is 0 Å². The van der Waals surface area contributed by atoms with Crippen LogP contribution in [0.5, 0.6) is 0 Å². The van der Waals surface area contributed by atoms with Crippen molar-refractivity contribution in [1.82, 2.24) is 10.2 Å². The minimum Gasteiger partial charge on any atom is -0.320 e. The maximum Gasteiger partial charge on any atom is 0.000387 e. The zero-order valence-corrected chi connectivity index (χ0v) is 10.5. The quantitative estimate of drug-likeness (QED) is 0.575. The van der Waals surface area contributed by atoms with E-state index in [1.54, 1.807) is 0 Å². The van der Waals surface area contributed by atoms with Gasteiger partial charge in [-0.2, -0.15) is 0 Å². The van der Waals surface area contributed by atoms with Crippen LogP contribution in [-0.4, -0.2) is 38.6 Å². The molecule has 1 unspecified atom stereocenters. The van der Waals surface area contributed by atoms with Gasteiger partial charge in [0.05, 0.1) is 0 Å². The Morgan fingerprint density at radius 1 is 1.21 bits per heavy atom. The monoisotopic (exact) mass is 200 g/mol. The van der Waals surface area contributed by atoms with Crippen LogP contribution in [0.4, 0.5) is 0 Å². The molecule has 0 aliphatic carbocycles. The average molecular weight is 200 g/mol. The average Bonchev–Trinajstić information content (AvgIpc) is 2.17. The van der Waals surface area contributed by atoms with Crippen molar-refractivity contribution in [2.45, 2.75) is 39.5 Å². The van der Waals surface area contributed by atoms with Crippen molar-refractivity contribution in [3.8, 4) is 0 Å². The summed E-state index contributed by atoms with van der Waals surface area (Å²) < 4.78 is 0. The lowest BCUT2D eigenvalue weighted by Crippen LogP contribution is -2.25. The molecule has 0 fully saturated rings. The van der Waals surface area contributed by atoms with Gasteiger partial charge in [-0.15, -0.1) is 0 Å². The summed E-state index contributed by atoms with van der Waals surface area (Å²) in [4.78, 5) is 2.47. The maximum absolute atomic E-state index is 3.18.